The molecule has 2 heterocycles. The molecule has 1 aromatic rings. The van der Waals surface area contributed by atoms with Crippen LogP contribution in [0, 0.1) is 11.2 Å². The number of ether oxygens (including phenoxy) is 1. The quantitative estimate of drug-likeness (QED) is 0.841. The summed E-state index contributed by atoms with van der Waals surface area (Å²) in [5.74, 6) is -0.486. The average molecular weight is 334 g/mol. The van der Waals surface area contributed by atoms with E-state index in [0.29, 0.717) is 37.3 Å². The lowest BCUT2D eigenvalue weighted by molar-refractivity contribution is -0.159. The van der Waals surface area contributed by atoms with Crippen LogP contribution in [0.15, 0.2) is 29.4 Å². The van der Waals surface area contributed by atoms with Crippen molar-refractivity contribution in [2.24, 2.45) is 10.6 Å². The molecule has 0 radical (unpaired) electrons. The van der Waals surface area contributed by atoms with E-state index >= 15 is 0 Å². The number of esters is 1. The molecule has 0 spiro atoms. The first kappa shape index (κ1) is 16.9. The predicted octanol–water partition coefficient (Wildman–Crippen LogP) is 2.64. The summed E-state index contributed by atoms with van der Waals surface area (Å²) >= 11 is 0. The van der Waals surface area contributed by atoms with Gasteiger partial charge >= 0.3 is 5.97 Å². The van der Waals surface area contributed by atoms with Crippen molar-refractivity contribution in [3.63, 3.8) is 0 Å². The smallest absolute Gasteiger partial charge is 0.313 e. The number of oxime groups is 1. The SMILES string of the molecule is CCOC(=O)[C@@]1(C[C@H]2CC(c3ccccc3F)=NO2)CCCNC1. The van der Waals surface area contributed by atoms with Gasteiger partial charge in [-0.15, -0.1) is 0 Å². The number of piperidine rings is 1. The molecule has 2 aliphatic heterocycles. The second-order valence-electron chi connectivity index (χ2n) is 6.43. The molecule has 3 rings (SSSR count). The van der Waals surface area contributed by atoms with E-state index in [1.54, 1.807) is 18.2 Å². The third-order valence-electron chi connectivity index (χ3n) is 4.72. The Morgan fingerprint density at radius 2 is 2.33 bits per heavy atom. The number of carbonyl (C=O) groups excluding carboxylic acids is 1. The van der Waals surface area contributed by atoms with Crippen molar-refractivity contribution in [1.29, 1.82) is 0 Å². The number of hydrogen-bond donors (Lipinski definition) is 1. The van der Waals surface area contributed by atoms with Crippen molar-refractivity contribution in [3.8, 4) is 0 Å². The van der Waals surface area contributed by atoms with Gasteiger partial charge in [-0.2, -0.15) is 0 Å². The standard InChI is InChI=1S/C18H23FN2O3/c1-2-23-17(22)18(8-5-9-20-12-18)11-13-10-16(21-24-13)14-6-3-4-7-15(14)19/h3-4,6-7,13,20H,2,5,8-12H2,1H3/t13-,18-/m1/s1. The van der Waals surface area contributed by atoms with Crippen molar-refractivity contribution < 1.29 is 18.8 Å². The highest BCUT2D eigenvalue weighted by Crippen LogP contribution is 2.36. The maximum atomic E-state index is 13.9. The van der Waals surface area contributed by atoms with Gasteiger partial charge in [-0.05, 0) is 32.4 Å². The molecule has 2 aliphatic rings. The minimum Gasteiger partial charge on any atom is -0.466 e. The monoisotopic (exact) mass is 334 g/mol. The lowest BCUT2D eigenvalue weighted by atomic mass is 9.75. The molecule has 24 heavy (non-hydrogen) atoms. The molecule has 5 nitrogen and oxygen atoms in total. The largest absolute Gasteiger partial charge is 0.466 e. The van der Waals surface area contributed by atoms with Gasteiger partial charge in [0.1, 0.15) is 11.9 Å². The molecule has 130 valence electrons. The lowest BCUT2D eigenvalue weighted by Gasteiger charge is -2.36. The van der Waals surface area contributed by atoms with Crippen molar-refractivity contribution >= 4 is 11.7 Å². The Bertz CT molecular complexity index is 626. The van der Waals surface area contributed by atoms with E-state index in [1.807, 2.05) is 6.92 Å². The molecule has 0 bridgehead atoms. The van der Waals surface area contributed by atoms with Gasteiger partial charge in [0.15, 0.2) is 0 Å². The highest BCUT2D eigenvalue weighted by molar-refractivity contribution is 6.01. The summed E-state index contributed by atoms with van der Waals surface area (Å²) in [6.45, 7) is 3.67. The number of nitrogens with one attached hydrogen (secondary N) is 1. The van der Waals surface area contributed by atoms with Crippen LogP contribution in [0.2, 0.25) is 0 Å². The molecule has 0 amide bonds. The third-order valence-corrected chi connectivity index (χ3v) is 4.72. The van der Waals surface area contributed by atoms with E-state index in [-0.39, 0.29) is 17.9 Å². The molecule has 1 aromatic carbocycles. The zero-order valence-electron chi connectivity index (χ0n) is 13.9. The number of benzene rings is 1. The minimum atomic E-state index is -0.584. The van der Waals surface area contributed by atoms with Gasteiger partial charge < -0.3 is 14.9 Å². The minimum absolute atomic E-state index is 0.180. The number of nitrogens with zero attached hydrogens (tertiary/aromatic N) is 1. The van der Waals surface area contributed by atoms with E-state index < -0.39 is 5.41 Å². The van der Waals surface area contributed by atoms with Crippen LogP contribution < -0.4 is 5.32 Å². The Kier molecular flexibility index (Phi) is 5.14. The molecule has 1 saturated heterocycles. The number of rotatable bonds is 5. The van der Waals surface area contributed by atoms with Crippen LogP contribution in [0.5, 0.6) is 0 Å². The fourth-order valence-corrected chi connectivity index (χ4v) is 3.51. The van der Waals surface area contributed by atoms with Crippen LogP contribution in [-0.2, 0) is 14.4 Å². The van der Waals surface area contributed by atoms with Gasteiger partial charge in [-0.25, -0.2) is 4.39 Å². The van der Waals surface area contributed by atoms with Crippen molar-refractivity contribution in [1.82, 2.24) is 5.32 Å². The first-order valence-corrected chi connectivity index (χ1v) is 8.50. The lowest BCUT2D eigenvalue weighted by Crippen LogP contribution is -2.48. The first-order chi connectivity index (χ1) is 11.6. The van der Waals surface area contributed by atoms with Crippen LogP contribution in [0.3, 0.4) is 0 Å². The summed E-state index contributed by atoms with van der Waals surface area (Å²) in [6, 6.07) is 6.54. The highest BCUT2D eigenvalue weighted by atomic mass is 19.1. The number of hydrogen-bond acceptors (Lipinski definition) is 5. The van der Waals surface area contributed by atoms with E-state index in [4.69, 9.17) is 9.57 Å². The second kappa shape index (κ2) is 7.30. The summed E-state index contributed by atoms with van der Waals surface area (Å²) in [5.41, 5.74) is 0.479. The van der Waals surface area contributed by atoms with Gasteiger partial charge in [0.25, 0.3) is 0 Å². The first-order valence-electron chi connectivity index (χ1n) is 8.50. The van der Waals surface area contributed by atoms with Crippen LogP contribution >= 0.6 is 0 Å². The second-order valence-corrected chi connectivity index (χ2v) is 6.43. The molecule has 6 heteroatoms. The van der Waals surface area contributed by atoms with Gasteiger partial charge in [0.05, 0.1) is 17.7 Å². The molecular weight excluding hydrogens is 311 g/mol. The van der Waals surface area contributed by atoms with E-state index in [0.717, 1.165) is 19.4 Å². The fraction of sp³-hybridized carbons (Fsp3) is 0.556. The summed E-state index contributed by atoms with van der Waals surface area (Å²) in [4.78, 5) is 18.0. The summed E-state index contributed by atoms with van der Waals surface area (Å²) in [5, 5.41) is 7.34. The molecule has 0 aromatic heterocycles. The maximum absolute atomic E-state index is 13.9. The van der Waals surface area contributed by atoms with Gasteiger partial charge in [0.2, 0.25) is 0 Å². The summed E-state index contributed by atoms with van der Waals surface area (Å²) in [7, 11) is 0. The zero-order chi connectivity index (χ0) is 17.0. The molecular formula is C18H23FN2O3. The third kappa shape index (κ3) is 3.43. The molecule has 1 fully saturated rings. The Labute approximate surface area is 141 Å². The molecule has 0 unspecified atom stereocenters. The maximum Gasteiger partial charge on any atom is 0.313 e. The van der Waals surface area contributed by atoms with E-state index in [1.165, 1.54) is 6.07 Å². The average Bonchev–Trinajstić information content (AvgIpc) is 3.04. The topological polar surface area (TPSA) is 59.9 Å². The molecule has 0 saturated carbocycles. The normalized spacial score (nSPS) is 26.6. The summed E-state index contributed by atoms with van der Waals surface area (Å²) < 4.78 is 19.2. The predicted molar refractivity (Wildman–Crippen MR) is 88.2 cm³/mol. The molecule has 0 aliphatic carbocycles. The Morgan fingerprint density at radius 3 is 3.04 bits per heavy atom. The van der Waals surface area contributed by atoms with Crippen LogP contribution in [-0.4, -0.2) is 37.5 Å². The Morgan fingerprint density at radius 1 is 1.50 bits per heavy atom. The molecule has 2 atom stereocenters. The highest BCUT2D eigenvalue weighted by Gasteiger charge is 2.44. The van der Waals surface area contributed by atoms with Crippen LogP contribution in [0.4, 0.5) is 4.39 Å². The van der Waals surface area contributed by atoms with E-state index in [2.05, 4.69) is 10.5 Å². The summed E-state index contributed by atoms with van der Waals surface area (Å²) in [6.07, 6.45) is 2.49. The Hall–Kier alpha value is -1.95. The Balaban J connectivity index is 1.69. The number of carbonyl (C=O) groups is 1. The fourth-order valence-electron chi connectivity index (χ4n) is 3.51. The van der Waals surface area contributed by atoms with Gasteiger partial charge in [-0.1, -0.05) is 23.4 Å². The van der Waals surface area contributed by atoms with E-state index in [9.17, 15) is 9.18 Å². The van der Waals surface area contributed by atoms with Gasteiger partial charge in [-0.3, -0.25) is 4.79 Å². The van der Waals surface area contributed by atoms with Crippen molar-refractivity contribution in [2.45, 2.75) is 38.7 Å². The van der Waals surface area contributed by atoms with Crippen LogP contribution in [0.25, 0.3) is 0 Å². The van der Waals surface area contributed by atoms with Crippen molar-refractivity contribution in [3.05, 3.63) is 35.6 Å². The molecule has 1 N–H and O–H groups in total. The number of halogens is 1. The van der Waals surface area contributed by atoms with Crippen LogP contribution in [0.1, 0.15) is 38.2 Å². The zero-order valence-corrected chi connectivity index (χ0v) is 13.9. The van der Waals surface area contributed by atoms with Gasteiger partial charge in [0, 0.05) is 24.9 Å². The van der Waals surface area contributed by atoms with Crippen molar-refractivity contribution in [2.75, 3.05) is 19.7 Å².